The summed E-state index contributed by atoms with van der Waals surface area (Å²) in [6.45, 7) is 1.61. The molecule has 0 aliphatic heterocycles. The summed E-state index contributed by atoms with van der Waals surface area (Å²) in [5, 5.41) is 5.59. The molecule has 0 aliphatic rings. The van der Waals surface area contributed by atoms with Gasteiger partial charge in [-0.3, -0.25) is 4.72 Å². The summed E-state index contributed by atoms with van der Waals surface area (Å²) in [6.07, 6.45) is -2.85. The second-order valence-electron chi connectivity index (χ2n) is 7.49. The minimum absolute atomic E-state index is 0.0620. The largest absolute Gasteiger partial charge is 0.416 e. The van der Waals surface area contributed by atoms with Crippen LogP contribution in [0, 0.1) is 6.92 Å². The predicted molar refractivity (Wildman–Crippen MR) is 124 cm³/mol. The van der Waals surface area contributed by atoms with E-state index in [0.29, 0.717) is 16.8 Å². The second-order valence-corrected chi connectivity index (χ2v) is 9.14. The molecule has 3 aromatic carbocycles. The molecule has 0 atom stereocenters. The first kappa shape index (κ1) is 23.2. The van der Waals surface area contributed by atoms with Crippen LogP contribution >= 0.6 is 0 Å². The summed E-state index contributed by atoms with van der Waals surface area (Å²) in [7, 11) is -4.02. The van der Waals surface area contributed by atoms with Crippen molar-refractivity contribution >= 4 is 44.0 Å². The van der Waals surface area contributed by atoms with Gasteiger partial charge >= 0.3 is 12.2 Å². The highest BCUT2D eigenvalue weighted by molar-refractivity contribution is 7.92. The number of fused-ring (bicyclic) bond motifs is 1. The summed E-state index contributed by atoms with van der Waals surface area (Å²) in [5.74, 6) is 0. The van der Waals surface area contributed by atoms with E-state index >= 15 is 0 Å². The summed E-state index contributed by atoms with van der Waals surface area (Å²) in [6, 6.07) is 14.6. The van der Waals surface area contributed by atoms with E-state index in [-0.39, 0.29) is 16.3 Å². The average molecular weight is 488 g/mol. The number of amides is 2. The zero-order valence-electron chi connectivity index (χ0n) is 17.7. The lowest BCUT2D eigenvalue weighted by molar-refractivity contribution is -0.137. The fraction of sp³-hybridized carbons (Fsp3) is 0.0870. The van der Waals surface area contributed by atoms with Gasteiger partial charge < -0.3 is 15.6 Å². The monoisotopic (exact) mass is 488 g/mol. The van der Waals surface area contributed by atoms with Crippen LogP contribution in [0.25, 0.3) is 10.9 Å². The first-order valence-electron chi connectivity index (χ1n) is 9.98. The van der Waals surface area contributed by atoms with Gasteiger partial charge in [0.15, 0.2) is 0 Å². The SMILES string of the molecule is Cc1ccc(NC(=O)Nc2cccc(C(F)(F)F)c2)cc1S(=O)(=O)Nc1cccc2cc[nH]c12. The van der Waals surface area contributed by atoms with Crippen LogP contribution < -0.4 is 15.4 Å². The molecule has 0 radical (unpaired) electrons. The Kier molecular flexibility index (Phi) is 5.96. The van der Waals surface area contributed by atoms with Crippen molar-refractivity contribution in [2.45, 2.75) is 18.0 Å². The van der Waals surface area contributed by atoms with E-state index in [1.54, 1.807) is 25.3 Å². The third-order valence-electron chi connectivity index (χ3n) is 5.01. The molecular weight excluding hydrogens is 469 g/mol. The molecule has 34 heavy (non-hydrogen) atoms. The third kappa shape index (κ3) is 4.99. The number of sulfonamides is 1. The second kappa shape index (κ2) is 8.75. The lowest BCUT2D eigenvalue weighted by atomic mass is 10.2. The van der Waals surface area contributed by atoms with Crippen molar-refractivity contribution in [2.75, 3.05) is 15.4 Å². The van der Waals surface area contributed by atoms with Crippen LogP contribution in [0.2, 0.25) is 0 Å². The third-order valence-corrected chi connectivity index (χ3v) is 6.52. The van der Waals surface area contributed by atoms with Gasteiger partial charge in [-0.15, -0.1) is 0 Å². The topological polar surface area (TPSA) is 103 Å². The van der Waals surface area contributed by atoms with Gasteiger partial charge in [0, 0.05) is 23.0 Å². The number of para-hydroxylation sites is 1. The van der Waals surface area contributed by atoms with Crippen LogP contribution in [-0.2, 0) is 16.2 Å². The minimum Gasteiger partial charge on any atom is -0.359 e. The van der Waals surface area contributed by atoms with E-state index < -0.39 is 27.8 Å². The standard InChI is InChI=1S/C23H19F3N4O3S/c1-14-8-9-18(29-22(31)28-17-6-3-5-16(12-17)23(24,25)26)13-20(14)34(32,33)30-19-7-2-4-15-10-11-27-21(15)19/h2-13,27,30H,1H3,(H2,28,29,31). The number of urea groups is 1. The van der Waals surface area contributed by atoms with Crippen molar-refractivity contribution in [3.8, 4) is 0 Å². The number of aromatic amines is 1. The number of carbonyl (C=O) groups excluding carboxylic acids is 1. The van der Waals surface area contributed by atoms with Gasteiger partial charge in [-0.25, -0.2) is 13.2 Å². The summed E-state index contributed by atoms with van der Waals surface area (Å²) in [5.41, 5.74) is 0.606. The lowest BCUT2D eigenvalue weighted by Crippen LogP contribution is -2.20. The Morgan fingerprint density at radius 3 is 2.35 bits per heavy atom. The Hall–Kier alpha value is -3.99. The molecule has 2 amide bonds. The maximum Gasteiger partial charge on any atom is 0.416 e. The summed E-state index contributed by atoms with van der Waals surface area (Å²) >= 11 is 0. The van der Waals surface area contributed by atoms with Crippen LogP contribution in [0.1, 0.15) is 11.1 Å². The van der Waals surface area contributed by atoms with Crippen molar-refractivity contribution in [3.63, 3.8) is 0 Å². The number of carbonyl (C=O) groups is 1. The molecule has 4 aromatic rings. The Morgan fingerprint density at radius 1 is 0.912 bits per heavy atom. The van der Waals surface area contributed by atoms with Crippen molar-refractivity contribution in [1.82, 2.24) is 4.98 Å². The van der Waals surface area contributed by atoms with Crippen LogP contribution in [0.3, 0.4) is 0 Å². The van der Waals surface area contributed by atoms with E-state index in [2.05, 4.69) is 20.3 Å². The first-order chi connectivity index (χ1) is 16.0. The molecule has 1 heterocycles. The zero-order chi connectivity index (χ0) is 24.5. The molecule has 0 aliphatic carbocycles. The van der Waals surface area contributed by atoms with E-state index in [4.69, 9.17) is 0 Å². The van der Waals surface area contributed by atoms with E-state index in [9.17, 15) is 26.4 Å². The molecule has 0 saturated heterocycles. The molecule has 176 valence electrons. The Balaban J connectivity index is 1.54. The summed E-state index contributed by atoms with van der Waals surface area (Å²) < 4.78 is 67.4. The molecule has 0 bridgehead atoms. The summed E-state index contributed by atoms with van der Waals surface area (Å²) in [4.78, 5) is 15.2. The molecule has 0 fully saturated rings. The van der Waals surface area contributed by atoms with E-state index in [0.717, 1.165) is 17.5 Å². The van der Waals surface area contributed by atoms with Crippen LogP contribution in [0.15, 0.2) is 77.8 Å². The maximum absolute atomic E-state index is 13.1. The number of hydrogen-bond acceptors (Lipinski definition) is 3. The van der Waals surface area contributed by atoms with Crippen LogP contribution in [0.4, 0.5) is 35.0 Å². The number of aromatic nitrogens is 1. The molecule has 7 nitrogen and oxygen atoms in total. The lowest BCUT2D eigenvalue weighted by Gasteiger charge is -2.14. The smallest absolute Gasteiger partial charge is 0.359 e. The van der Waals surface area contributed by atoms with Gasteiger partial charge in [-0.2, -0.15) is 13.2 Å². The fourth-order valence-electron chi connectivity index (χ4n) is 3.40. The molecule has 4 rings (SSSR count). The van der Waals surface area contributed by atoms with Gasteiger partial charge in [-0.1, -0.05) is 24.3 Å². The fourth-order valence-corrected chi connectivity index (χ4v) is 4.75. The molecule has 0 unspecified atom stereocenters. The van der Waals surface area contributed by atoms with Crippen molar-refractivity contribution in [3.05, 3.63) is 84.1 Å². The molecule has 0 spiro atoms. The number of nitrogens with one attached hydrogen (secondary N) is 4. The zero-order valence-corrected chi connectivity index (χ0v) is 18.5. The molecule has 11 heteroatoms. The number of rotatable bonds is 5. The molecule has 1 aromatic heterocycles. The molecule has 0 saturated carbocycles. The highest BCUT2D eigenvalue weighted by Gasteiger charge is 2.30. The van der Waals surface area contributed by atoms with E-state index in [1.165, 1.54) is 30.3 Å². The number of H-pyrrole nitrogens is 1. The Labute approximate surface area is 193 Å². The number of anilines is 3. The quantitative estimate of drug-likeness (QED) is 0.280. The van der Waals surface area contributed by atoms with Gasteiger partial charge in [-0.05, 0) is 55.0 Å². The first-order valence-corrected chi connectivity index (χ1v) is 11.5. The van der Waals surface area contributed by atoms with Crippen LogP contribution in [0.5, 0.6) is 0 Å². The van der Waals surface area contributed by atoms with Crippen molar-refractivity contribution in [1.29, 1.82) is 0 Å². The van der Waals surface area contributed by atoms with Crippen molar-refractivity contribution < 1.29 is 26.4 Å². The Bertz CT molecular complexity index is 1480. The molecular formula is C23H19F3N4O3S. The van der Waals surface area contributed by atoms with Gasteiger partial charge in [0.05, 0.1) is 21.7 Å². The number of halogens is 3. The van der Waals surface area contributed by atoms with Gasteiger partial charge in [0.25, 0.3) is 10.0 Å². The normalized spacial score (nSPS) is 11.9. The minimum atomic E-state index is -4.55. The number of aryl methyl sites for hydroxylation is 1. The Morgan fingerprint density at radius 2 is 1.62 bits per heavy atom. The van der Waals surface area contributed by atoms with Crippen molar-refractivity contribution in [2.24, 2.45) is 0 Å². The molecule has 4 N–H and O–H groups in total. The van der Waals surface area contributed by atoms with Crippen LogP contribution in [-0.4, -0.2) is 19.4 Å². The van der Waals surface area contributed by atoms with E-state index in [1.807, 2.05) is 12.1 Å². The number of hydrogen-bond donors (Lipinski definition) is 4. The van der Waals surface area contributed by atoms with Gasteiger partial charge in [0.1, 0.15) is 0 Å². The van der Waals surface area contributed by atoms with Gasteiger partial charge in [0.2, 0.25) is 0 Å². The predicted octanol–water partition coefficient (Wildman–Crippen LogP) is 5.94. The maximum atomic E-state index is 13.1. The number of alkyl halides is 3. The highest BCUT2D eigenvalue weighted by Crippen LogP contribution is 2.31. The average Bonchev–Trinajstić information content (AvgIpc) is 3.24. The number of benzene rings is 3. The highest BCUT2D eigenvalue weighted by atomic mass is 32.2.